The molecule has 2 aromatic rings. The van der Waals surface area contributed by atoms with E-state index in [2.05, 4.69) is 21.8 Å². The van der Waals surface area contributed by atoms with Gasteiger partial charge < -0.3 is 9.88 Å². The molecule has 6 nitrogen and oxygen atoms in total. The standard InChI is InChI=1S/C14H20N4O2S/c1-2-18-11-17-10-13(18)9-16-8-7-12-3-5-14(6-4-12)21(15,19)20/h3-6,10-11,16H,2,7-9H2,1H3,(H2,15,19,20). The van der Waals surface area contributed by atoms with Crippen molar-refractivity contribution in [2.75, 3.05) is 6.54 Å². The highest BCUT2D eigenvalue weighted by Gasteiger charge is 2.06. The van der Waals surface area contributed by atoms with E-state index in [-0.39, 0.29) is 4.90 Å². The summed E-state index contributed by atoms with van der Waals surface area (Å²) < 4.78 is 24.4. The van der Waals surface area contributed by atoms with E-state index in [0.717, 1.165) is 37.3 Å². The van der Waals surface area contributed by atoms with Crippen LogP contribution >= 0.6 is 0 Å². The van der Waals surface area contributed by atoms with E-state index in [9.17, 15) is 8.42 Å². The monoisotopic (exact) mass is 308 g/mol. The summed E-state index contributed by atoms with van der Waals surface area (Å²) in [5, 5.41) is 8.41. The number of aromatic nitrogens is 2. The van der Waals surface area contributed by atoms with Crippen LogP contribution in [-0.4, -0.2) is 24.5 Å². The Kier molecular flexibility index (Phi) is 5.11. The lowest BCUT2D eigenvalue weighted by Crippen LogP contribution is -2.18. The molecule has 0 aliphatic carbocycles. The van der Waals surface area contributed by atoms with Gasteiger partial charge in [-0.25, -0.2) is 18.5 Å². The first-order chi connectivity index (χ1) is 10.0. The Labute approximate surface area is 125 Å². The number of nitrogens with zero attached hydrogens (tertiary/aromatic N) is 2. The first-order valence-corrected chi connectivity index (χ1v) is 8.37. The summed E-state index contributed by atoms with van der Waals surface area (Å²) in [5.74, 6) is 0. The van der Waals surface area contributed by atoms with Gasteiger partial charge >= 0.3 is 0 Å². The second-order valence-corrected chi connectivity index (χ2v) is 6.35. The van der Waals surface area contributed by atoms with Crippen LogP contribution in [0, 0.1) is 0 Å². The molecule has 0 radical (unpaired) electrons. The molecule has 0 saturated carbocycles. The summed E-state index contributed by atoms with van der Waals surface area (Å²) >= 11 is 0. The molecule has 0 bridgehead atoms. The number of rotatable bonds is 7. The third-order valence-corrected chi connectivity index (χ3v) is 4.22. The first-order valence-electron chi connectivity index (χ1n) is 6.82. The zero-order chi connectivity index (χ0) is 15.3. The van der Waals surface area contributed by atoms with E-state index in [1.807, 2.05) is 12.5 Å². The smallest absolute Gasteiger partial charge is 0.238 e. The van der Waals surface area contributed by atoms with Crippen molar-refractivity contribution in [3.63, 3.8) is 0 Å². The molecule has 0 amide bonds. The van der Waals surface area contributed by atoms with Gasteiger partial charge in [-0.2, -0.15) is 0 Å². The van der Waals surface area contributed by atoms with E-state index < -0.39 is 10.0 Å². The lowest BCUT2D eigenvalue weighted by Gasteiger charge is -2.07. The van der Waals surface area contributed by atoms with Crippen molar-refractivity contribution in [2.45, 2.75) is 31.3 Å². The minimum absolute atomic E-state index is 0.144. The van der Waals surface area contributed by atoms with Crippen LogP contribution in [-0.2, 0) is 29.5 Å². The average molecular weight is 308 g/mol. The summed E-state index contributed by atoms with van der Waals surface area (Å²) in [5.41, 5.74) is 2.22. The van der Waals surface area contributed by atoms with Gasteiger partial charge in [0, 0.05) is 19.3 Å². The molecule has 3 N–H and O–H groups in total. The van der Waals surface area contributed by atoms with Gasteiger partial charge in [0.2, 0.25) is 10.0 Å². The van der Waals surface area contributed by atoms with Gasteiger partial charge in [-0.15, -0.1) is 0 Å². The van der Waals surface area contributed by atoms with E-state index in [1.165, 1.54) is 12.1 Å². The van der Waals surface area contributed by atoms with Crippen molar-refractivity contribution in [3.8, 4) is 0 Å². The normalized spacial score (nSPS) is 11.7. The van der Waals surface area contributed by atoms with Crippen LogP contribution in [0.25, 0.3) is 0 Å². The minimum Gasteiger partial charge on any atom is -0.334 e. The van der Waals surface area contributed by atoms with Crippen LogP contribution in [0.5, 0.6) is 0 Å². The summed E-state index contributed by atoms with van der Waals surface area (Å²) in [4.78, 5) is 4.26. The Bertz CT molecular complexity index is 677. The minimum atomic E-state index is -3.61. The molecule has 1 aromatic heterocycles. The quantitative estimate of drug-likeness (QED) is 0.743. The summed E-state index contributed by atoms with van der Waals surface area (Å²) in [6, 6.07) is 6.66. The molecule has 0 aliphatic rings. The second-order valence-electron chi connectivity index (χ2n) is 4.79. The Morgan fingerprint density at radius 2 is 2.00 bits per heavy atom. The highest BCUT2D eigenvalue weighted by atomic mass is 32.2. The maximum atomic E-state index is 11.2. The number of nitrogens with one attached hydrogen (secondary N) is 1. The molecule has 0 atom stereocenters. The third-order valence-electron chi connectivity index (χ3n) is 3.29. The predicted molar refractivity (Wildman–Crippen MR) is 81.1 cm³/mol. The highest BCUT2D eigenvalue weighted by Crippen LogP contribution is 2.09. The Hall–Kier alpha value is -1.70. The van der Waals surface area contributed by atoms with Crippen LogP contribution in [0.4, 0.5) is 0 Å². The molecule has 1 heterocycles. The fourth-order valence-electron chi connectivity index (χ4n) is 2.08. The number of hydrogen-bond donors (Lipinski definition) is 2. The number of sulfonamides is 1. The maximum Gasteiger partial charge on any atom is 0.238 e. The Morgan fingerprint density at radius 1 is 1.29 bits per heavy atom. The SMILES string of the molecule is CCn1cncc1CNCCc1ccc(S(N)(=O)=O)cc1. The fraction of sp³-hybridized carbons (Fsp3) is 0.357. The van der Waals surface area contributed by atoms with Gasteiger partial charge in [0.1, 0.15) is 0 Å². The zero-order valence-electron chi connectivity index (χ0n) is 12.0. The van der Waals surface area contributed by atoms with Crippen LogP contribution < -0.4 is 10.5 Å². The molecular weight excluding hydrogens is 288 g/mol. The molecule has 0 aliphatic heterocycles. The topological polar surface area (TPSA) is 90.0 Å². The van der Waals surface area contributed by atoms with E-state index in [1.54, 1.807) is 12.1 Å². The van der Waals surface area contributed by atoms with Gasteiger partial charge in [-0.1, -0.05) is 12.1 Å². The number of hydrogen-bond acceptors (Lipinski definition) is 4. The lowest BCUT2D eigenvalue weighted by atomic mass is 10.1. The molecule has 7 heteroatoms. The maximum absolute atomic E-state index is 11.2. The van der Waals surface area contributed by atoms with Gasteiger partial charge in [-0.05, 0) is 37.6 Å². The van der Waals surface area contributed by atoms with Crippen molar-refractivity contribution in [3.05, 3.63) is 48.0 Å². The van der Waals surface area contributed by atoms with Crippen LogP contribution in [0.1, 0.15) is 18.2 Å². The van der Waals surface area contributed by atoms with E-state index in [4.69, 9.17) is 5.14 Å². The van der Waals surface area contributed by atoms with Crippen molar-refractivity contribution >= 4 is 10.0 Å². The first kappa shape index (κ1) is 15.7. The van der Waals surface area contributed by atoms with E-state index in [0.29, 0.717) is 0 Å². The fourth-order valence-corrected chi connectivity index (χ4v) is 2.59. The van der Waals surface area contributed by atoms with Crippen LogP contribution in [0.3, 0.4) is 0 Å². The third kappa shape index (κ3) is 4.38. The number of primary sulfonamides is 1. The molecular formula is C14H20N4O2S. The van der Waals surface area contributed by atoms with Crippen LogP contribution in [0.2, 0.25) is 0 Å². The molecule has 0 spiro atoms. The Balaban J connectivity index is 1.81. The highest BCUT2D eigenvalue weighted by molar-refractivity contribution is 7.89. The van der Waals surface area contributed by atoms with Crippen molar-refractivity contribution < 1.29 is 8.42 Å². The zero-order valence-corrected chi connectivity index (χ0v) is 12.8. The lowest BCUT2D eigenvalue weighted by molar-refractivity contribution is 0.597. The molecule has 0 unspecified atom stereocenters. The number of aryl methyl sites for hydroxylation is 1. The van der Waals surface area contributed by atoms with Gasteiger partial charge in [-0.3, -0.25) is 0 Å². The van der Waals surface area contributed by atoms with Crippen molar-refractivity contribution in [1.29, 1.82) is 0 Å². The molecule has 114 valence electrons. The van der Waals surface area contributed by atoms with Gasteiger partial charge in [0.25, 0.3) is 0 Å². The molecule has 21 heavy (non-hydrogen) atoms. The Morgan fingerprint density at radius 3 is 2.62 bits per heavy atom. The predicted octanol–water partition coefficient (Wildman–Crippen LogP) is 0.883. The number of nitrogens with two attached hydrogens (primary N) is 1. The molecule has 2 rings (SSSR count). The van der Waals surface area contributed by atoms with Gasteiger partial charge in [0.05, 0.1) is 16.9 Å². The van der Waals surface area contributed by atoms with Gasteiger partial charge in [0.15, 0.2) is 0 Å². The summed E-state index contributed by atoms with van der Waals surface area (Å²) in [6.07, 6.45) is 4.51. The average Bonchev–Trinajstić information content (AvgIpc) is 2.90. The largest absolute Gasteiger partial charge is 0.334 e. The molecule has 0 fully saturated rings. The van der Waals surface area contributed by atoms with Crippen molar-refractivity contribution in [2.24, 2.45) is 5.14 Å². The van der Waals surface area contributed by atoms with Crippen LogP contribution in [0.15, 0.2) is 41.7 Å². The summed E-state index contributed by atoms with van der Waals surface area (Å²) in [7, 11) is -3.61. The molecule has 1 aromatic carbocycles. The van der Waals surface area contributed by atoms with E-state index >= 15 is 0 Å². The second kappa shape index (κ2) is 6.84. The number of imidazole rings is 1. The molecule has 0 saturated heterocycles. The van der Waals surface area contributed by atoms with Crippen molar-refractivity contribution in [1.82, 2.24) is 14.9 Å². The number of benzene rings is 1. The summed E-state index contributed by atoms with van der Waals surface area (Å²) in [6.45, 7) is 4.57.